The van der Waals surface area contributed by atoms with Gasteiger partial charge in [0.2, 0.25) is 5.91 Å². The van der Waals surface area contributed by atoms with Crippen molar-refractivity contribution in [2.45, 2.75) is 6.42 Å². The highest BCUT2D eigenvalue weighted by atomic mass is 35.5. The number of halogens is 2. The number of amides is 1. The fourth-order valence-electron chi connectivity index (χ4n) is 0.888. The Morgan fingerprint density at radius 2 is 1.93 bits per heavy atom. The van der Waals surface area contributed by atoms with Crippen LogP contribution in [0.3, 0.4) is 0 Å². The molecular weight excluding hydrogens is 207 g/mol. The number of benzene rings is 1. The van der Waals surface area contributed by atoms with Crippen LogP contribution in [-0.4, -0.2) is 12.5 Å². The van der Waals surface area contributed by atoms with Crippen LogP contribution in [0.5, 0.6) is 0 Å². The maximum absolute atomic E-state index is 12.4. The van der Waals surface area contributed by atoms with Gasteiger partial charge in [0.05, 0.1) is 0 Å². The number of hydrogen-bond acceptors (Lipinski definition) is 2. The van der Waals surface area contributed by atoms with Crippen LogP contribution in [0.2, 0.25) is 0 Å². The Kier molecular flexibility index (Phi) is 5.83. The van der Waals surface area contributed by atoms with Crippen LogP contribution in [0, 0.1) is 5.82 Å². The Labute approximate surface area is 87.9 Å². The molecule has 5 heteroatoms. The fourth-order valence-corrected chi connectivity index (χ4v) is 0.888. The molecule has 78 valence electrons. The van der Waals surface area contributed by atoms with Crippen LogP contribution in [0.25, 0.3) is 0 Å². The van der Waals surface area contributed by atoms with E-state index in [1.54, 1.807) is 0 Å². The van der Waals surface area contributed by atoms with Crippen molar-refractivity contribution in [1.29, 1.82) is 0 Å². The average Bonchev–Trinajstić information content (AvgIpc) is 2.09. The van der Waals surface area contributed by atoms with Crippen molar-refractivity contribution >= 4 is 24.0 Å². The quantitative estimate of drug-likeness (QED) is 0.809. The van der Waals surface area contributed by atoms with E-state index in [-0.39, 0.29) is 30.6 Å². The zero-order valence-corrected chi connectivity index (χ0v) is 8.31. The molecule has 0 aliphatic heterocycles. The summed E-state index contributed by atoms with van der Waals surface area (Å²) >= 11 is 0. The first-order valence-electron chi connectivity index (χ1n) is 3.98. The van der Waals surface area contributed by atoms with Crippen molar-refractivity contribution in [1.82, 2.24) is 0 Å². The van der Waals surface area contributed by atoms with Gasteiger partial charge in [-0.1, -0.05) is 0 Å². The summed E-state index contributed by atoms with van der Waals surface area (Å²) in [5.74, 6) is -0.481. The van der Waals surface area contributed by atoms with Gasteiger partial charge in [-0.3, -0.25) is 4.79 Å². The summed E-state index contributed by atoms with van der Waals surface area (Å²) in [7, 11) is 0. The van der Waals surface area contributed by atoms with E-state index in [1.165, 1.54) is 24.3 Å². The molecule has 0 aliphatic carbocycles. The van der Waals surface area contributed by atoms with E-state index in [4.69, 9.17) is 5.73 Å². The van der Waals surface area contributed by atoms with Crippen LogP contribution in [0.15, 0.2) is 24.3 Å². The molecule has 1 amide bonds. The average molecular weight is 219 g/mol. The van der Waals surface area contributed by atoms with Crippen LogP contribution in [0.1, 0.15) is 6.42 Å². The smallest absolute Gasteiger partial charge is 0.225 e. The zero-order valence-electron chi connectivity index (χ0n) is 7.50. The highest BCUT2D eigenvalue weighted by molar-refractivity contribution is 5.90. The second-order valence-corrected chi connectivity index (χ2v) is 2.59. The molecular formula is C9H12ClFN2O. The van der Waals surface area contributed by atoms with Crippen molar-refractivity contribution in [2.24, 2.45) is 5.73 Å². The molecule has 1 aromatic rings. The van der Waals surface area contributed by atoms with Crippen molar-refractivity contribution < 1.29 is 9.18 Å². The summed E-state index contributed by atoms with van der Waals surface area (Å²) in [6.07, 6.45) is 0.275. The number of carbonyl (C=O) groups is 1. The standard InChI is InChI=1S/C9H11FN2O.ClH/c10-7-1-3-8(4-2-7)12-9(13)5-6-11;/h1-4H,5-6,11H2,(H,12,13);1H. The second-order valence-electron chi connectivity index (χ2n) is 2.59. The normalized spacial score (nSPS) is 9.00. The van der Waals surface area contributed by atoms with Gasteiger partial charge in [0, 0.05) is 18.7 Å². The molecule has 0 radical (unpaired) electrons. The second kappa shape index (κ2) is 6.34. The molecule has 0 aliphatic rings. The molecule has 0 aromatic heterocycles. The summed E-state index contributed by atoms with van der Waals surface area (Å²) in [6.45, 7) is 0.313. The van der Waals surface area contributed by atoms with E-state index in [9.17, 15) is 9.18 Å². The molecule has 0 fully saturated rings. The van der Waals surface area contributed by atoms with Gasteiger partial charge < -0.3 is 11.1 Å². The van der Waals surface area contributed by atoms with Gasteiger partial charge >= 0.3 is 0 Å². The highest BCUT2D eigenvalue weighted by Gasteiger charge is 1.99. The number of carbonyl (C=O) groups excluding carboxylic acids is 1. The lowest BCUT2D eigenvalue weighted by atomic mass is 10.3. The van der Waals surface area contributed by atoms with Crippen LogP contribution < -0.4 is 11.1 Å². The van der Waals surface area contributed by atoms with Crippen molar-refractivity contribution in [3.8, 4) is 0 Å². The van der Waals surface area contributed by atoms with Gasteiger partial charge in [-0.2, -0.15) is 0 Å². The van der Waals surface area contributed by atoms with E-state index in [1.807, 2.05) is 0 Å². The van der Waals surface area contributed by atoms with Gasteiger partial charge in [0.1, 0.15) is 5.82 Å². The van der Waals surface area contributed by atoms with E-state index in [0.717, 1.165) is 0 Å². The van der Waals surface area contributed by atoms with Crippen LogP contribution in [-0.2, 0) is 4.79 Å². The van der Waals surface area contributed by atoms with E-state index in [0.29, 0.717) is 12.2 Å². The predicted octanol–water partition coefficient (Wildman–Crippen LogP) is 1.53. The minimum Gasteiger partial charge on any atom is -0.330 e. The number of hydrogen-bond donors (Lipinski definition) is 2. The summed E-state index contributed by atoms with van der Waals surface area (Å²) in [5, 5.41) is 2.58. The Morgan fingerprint density at radius 1 is 1.36 bits per heavy atom. The molecule has 14 heavy (non-hydrogen) atoms. The molecule has 0 bridgehead atoms. The molecule has 0 atom stereocenters. The molecule has 3 nitrogen and oxygen atoms in total. The lowest BCUT2D eigenvalue weighted by molar-refractivity contribution is -0.116. The summed E-state index contributed by atoms with van der Waals surface area (Å²) in [6, 6.07) is 5.59. The van der Waals surface area contributed by atoms with Gasteiger partial charge in [0.25, 0.3) is 0 Å². The molecule has 0 heterocycles. The summed E-state index contributed by atoms with van der Waals surface area (Å²) < 4.78 is 12.4. The third-order valence-corrected chi connectivity index (χ3v) is 1.50. The van der Waals surface area contributed by atoms with Gasteiger partial charge in [-0.25, -0.2) is 4.39 Å². The predicted molar refractivity (Wildman–Crippen MR) is 55.9 cm³/mol. The Balaban J connectivity index is 0.00000169. The summed E-state index contributed by atoms with van der Waals surface area (Å²) in [5.41, 5.74) is 5.77. The van der Waals surface area contributed by atoms with Crippen LogP contribution in [0.4, 0.5) is 10.1 Å². The van der Waals surface area contributed by atoms with E-state index < -0.39 is 0 Å². The maximum atomic E-state index is 12.4. The molecule has 3 N–H and O–H groups in total. The molecule has 1 aromatic carbocycles. The van der Waals surface area contributed by atoms with Crippen LogP contribution >= 0.6 is 12.4 Å². The zero-order chi connectivity index (χ0) is 9.68. The monoisotopic (exact) mass is 218 g/mol. The number of nitrogens with two attached hydrogens (primary N) is 1. The van der Waals surface area contributed by atoms with Gasteiger partial charge in [-0.05, 0) is 24.3 Å². The lowest BCUT2D eigenvalue weighted by Crippen LogP contribution is -2.16. The first-order valence-corrected chi connectivity index (χ1v) is 3.98. The minimum absolute atomic E-state index is 0. The Morgan fingerprint density at radius 3 is 2.43 bits per heavy atom. The first kappa shape index (κ1) is 12.9. The van der Waals surface area contributed by atoms with Crippen molar-refractivity contribution in [3.63, 3.8) is 0 Å². The minimum atomic E-state index is -0.322. The molecule has 0 saturated carbocycles. The van der Waals surface area contributed by atoms with Crippen molar-refractivity contribution in [3.05, 3.63) is 30.1 Å². The molecule has 0 saturated heterocycles. The Bertz CT molecular complexity index is 289. The van der Waals surface area contributed by atoms with E-state index in [2.05, 4.69) is 5.32 Å². The maximum Gasteiger partial charge on any atom is 0.225 e. The SMILES string of the molecule is Cl.NCCC(=O)Nc1ccc(F)cc1. The highest BCUT2D eigenvalue weighted by Crippen LogP contribution is 2.07. The topological polar surface area (TPSA) is 55.1 Å². The molecule has 0 unspecified atom stereocenters. The first-order chi connectivity index (χ1) is 6.22. The lowest BCUT2D eigenvalue weighted by Gasteiger charge is -2.02. The largest absolute Gasteiger partial charge is 0.330 e. The summed E-state index contributed by atoms with van der Waals surface area (Å²) in [4.78, 5) is 11.0. The molecule has 1 rings (SSSR count). The Hall–Kier alpha value is -1.13. The van der Waals surface area contributed by atoms with Gasteiger partial charge in [-0.15, -0.1) is 12.4 Å². The number of nitrogens with one attached hydrogen (secondary N) is 1. The molecule has 0 spiro atoms. The third kappa shape index (κ3) is 4.20. The van der Waals surface area contributed by atoms with E-state index >= 15 is 0 Å². The van der Waals surface area contributed by atoms with Gasteiger partial charge in [0.15, 0.2) is 0 Å². The number of anilines is 1. The fraction of sp³-hybridized carbons (Fsp3) is 0.222. The number of rotatable bonds is 3. The third-order valence-electron chi connectivity index (χ3n) is 1.50. The van der Waals surface area contributed by atoms with Crippen molar-refractivity contribution in [2.75, 3.05) is 11.9 Å².